The van der Waals surface area contributed by atoms with Gasteiger partial charge in [0.05, 0.1) is 6.61 Å². The Morgan fingerprint density at radius 1 is 1.40 bits per heavy atom. The monoisotopic (exact) mass is 226 g/mol. The molecule has 0 aliphatic carbocycles. The Balaban J connectivity index is 3.00. The first-order valence-corrected chi connectivity index (χ1v) is 5.45. The molecule has 15 heavy (non-hydrogen) atoms. The van der Waals surface area contributed by atoms with Crippen molar-refractivity contribution in [2.24, 2.45) is 0 Å². The Labute approximate surface area is 91.4 Å². The van der Waals surface area contributed by atoms with E-state index in [1.807, 2.05) is 26.8 Å². The van der Waals surface area contributed by atoms with Gasteiger partial charge in [-0.05, 0) is 28.7 Å². The van der Waals surface area contributed by atoms with Gasteiger partial charge in [0, 0.05) is 0 Å². The van der Waals surface area contributed by atoms with Gasteiger partial charge in [-0.1, -0.05) is 26.8 Å². The molecule has 82 valence electrons. The van der Waals surface area contributed by atoms with Gasteiger partial charge >= 0.3 is 8.69 Å². The second-order valence-electron chi connectivity index (χ2n) is 4.45. The molecule has 4 heteroatoms. The van der Waals surface area contributed by atoms with E-state index in [1.54, 1.807) is 12.1 Å². The summed E-state index contributed by atoms with van der Waals surface area (Å²) in [6.07, 6.45) is 0. The second kappa shape index (κ2) is 4.73. The summed E-state index contributed by atoms with van der Waals surface area (Å²) in [5, 5.41) is 9.69. The summed E-state index contributed by atoms with van der Waals surface area (Å²) in [6.45, 7) is 6.37. The Hall–Kier alpha value is -0.920. The van der Waals surface area contributed by atoms with Crippen molar-refractivity contribution < 1.29 is 14.2 Å². The highest BCUT2D eigenvalue weighted by atomic mass is 31.1. The smallest absolute Gasteiger partial charge is 0.327 e. The maximum Gasteiger partial charge on any atom is 0.327 e. The zero-order valence-electron chi connectivity index (χ0n) is 9.15. The molecule has 0 heterocycles. The Morgan fingerprint density at radius 2 is 2.07 bits per heavy atom. The van der Waals surface area contributed by atoms with Gasteiger partial charge in [0.2, 0.25) is 0 Å². The van der Waals surface area contributed by atoms with Gasteiger partial charge in [-0.2, -0.15) is 0 Å². The van der Waals surface area contributed by atoms with Crippen molar-refractivity contribution in [3.8, 4) is 5.75 Å². The van der Waals surface area contributed by atoms with Crippen LogP contribution in [0.15, 0.2) is 18.2 Å². The zero-order chi connectivity index (χ0) is 11.5. The van der Waals surface area contributed by atoms with Crippen molar-refractivity contribution in [3.05, 3.63) is 29.3 Å². The number of hydrogen-bond acceptors (Lipinski definition) is 3. The van der Waals surface area contributed by atoms with E-state index in [4.69, 9.17) is 4.52 Å². The first-order valence-electron chi connectivity index (χ1n) is 4.72. The van der Waals surface area contributed by atoms with Crippen LogP contribution in [0.4, 0.5) is 0 Å². The number of aromatic hydroxyl groups is 1. The summed E-state index contributed by atoms with van der Waals surface area (Å²) < 4.78 is 14.9. The van der Waals surface area contributed by atoms with Crippen LogP contribution < -0.4 is 0 Å². The minimum absolute atomic E-state index is 0.116. The number of phenolic OH excluding ortho intramolecular Hbond substituents is 1. The molecule has 0 saturated heterocycles. The number of hydrogen-bond donors (Lipinski definition) is 1. The highest BCUT2D eigenvalue weighted by Crippen LogP contribution is 2.31. The van der Waals surface area contributed by atoms with E-state index in [2.05, 4.69) is 0 Å². The first kappa shape index (κ1) is 12.2. The maximum absolute atomic E-state index is 10.2. The summed E-state index contributed by atoms with van der Waals surface area (Å²) in [5.41, 5.74) is 1.65. The lowest BCUT2D eigenvalue weighted by molar-refractivity contribution is 0.331. The van der Waals surface area contributed by atoms with Crippen LogP contribution in [-0.4, -0.2) is 5.11 Å². The molecule has 0 spiro atoms. The summed E-state index contributed by atoms with van der Waals surface area (Å²) in [4.78, 5) is 0. The average molecular weight is 226 g/mol. The summed E-state index contributed by atoms with van der Waals surface area (Å²) in [5.74, 6) is 0.283. The molecule has 0 radical (unpaired) electrons. The zero-order valence-corrected chi connectivity index (χ0v) is 10.0. The third-order valence-electron chi connectivity index (χ3n) is 2.15. The molecule has 0 atom stereocenters. The van der Waals surface area contributed by atoms with E-state index in [1.165, 1.54) is 0 Å². The third-order valence-corrected chi connectivity index (χ3v) is 2.39. The minimum Gasteiger partial charge on any atom is -0.508 e. The fraction of sp³-hybridized carbons (Fsp3) is 0.455. The van der Waals surface area contributed by atoms with E-state index in [0.29, 0.717) is 0 Å². The molecule has 1 rings (SSSR count). The molecule has 0 saturated carbocycles. The average Bonchev–Trinajstić information content (AvgIpc) is 2.15. The molecule has 0 unspecified atom stereocenters. The SMILES string of the molecule is CC(C)(C)c1cc(COP=O)ccc1O. The maximum atomic E-state index is 10.2. The molecule has 0 amide bonds. The molecule has 0 bridgehead atoms. The topological polar surface area (TPSA) is 46.5 Å². The van der Waals surface area contributed by atoms with E-state index in [0.717, 1.165) is 11.1 Å². The van der Waals surface area contributed by atoms with E-state index >= 15 is 0 Å². The highest BCUT2D eigenvalue weighted by Gasteiger charge is 2.18. The molecule has 1 N–H and O–H groups in total. The van der Waals surface area contributed by atoms with Gasteiger partial charge in [-0.3, -0.25) is 4.52 Å². The van der Waals surface area contributed by atoms with Crippen molar-refractivity contribution in [1.82, 2.24) is 0 Å². The van der Waals surface area contributed by atoms with Crippen LogP contribution in [0, 0.1) is 0 Å². The Kier molecular flexibility index (Phi) is 3.83. The molecule has 0 aliphatic rings. The lowest BCUT2D eigenvalue weighted by Gasteiger charge is -2.21. The van der Waals surface area contributed by atoms with Gasteiger partial charge in [0.15, 0.2) is 0 Å². The van der Waals surface area contributed by atoms with E-state index < -0.39 is 0 Å². The van der Waals surface area contributed by atoms with Crippen LogP contribution in [0.3, 0.4) is 0 Å². The van der Waals surface area contributed by atoms with Crippen LogP contribution in [0.2, 0.25) is 0 Å². The van der Waals surface area contributed by atoms with Gasteiger partial charge in [0.25, 0.3) is 0 Å². The summed E-state index contributed by atoms with van der Waals surface area (Å²) >= 11 is 0. The van der Waals surface area contributed by atoms with Gasteiger partial charge in [0.1, 0.15) is 5.75 Å². The van der Waals surface area contributed by atoms with Gasteiger partial charge in [-0.15, -0.1) is 0 Å². The molecule has 3 nitrogen and oxygen atoms in total. The molecule has 1 aromatic rings. The van der Waals surface area contributed by atoms with Crippen LogP contribution in [0.25, 0.3) is 0 Å². The van der Waals surface area contributed by atoms with Gasteiger partial charge < -0.3 is 5.11 Å². The van der Waals surface area contributed by atoms with Gasteiger partial charge in [-0.25, -0.2) is 4.57 Å². The lowest BCUT2D eigenvalue weighted by Crippen LogP contribution is -2.11. The standard InChI is InChI=1S/C11H15O3P/c1-11(2,3)9-6-8(7-14-15-13)4-5-10(9)12/h4-6,12H,7H2,1-3H3. The van der Waals surface area contributed by atoms with E-state index in [9.17, 15) is 9.67 Å². The summed E-state index contributed by atoms with van der Waals surface area (Å²) in [7, 11) is -0.323. The first-order chi connectivity index (χ1) is 6.95. The number of rotatable bonds is 3. The number of benzene rings is 1. The predicted octanol–water partition coefficient (Wildman–Crippen LogP) is 3.41. The van der Waals surface area contributed by atoms with Crippen LogP contribution >= 0.6 is 8.69 Å². The van der Waals surface area contributed by atoms with Crippen LogP contribution in [-0.2, 0) is 21.1 Å². The molecular formula is C11H15O3P. The largest absolute Gasteiger partial charge is 0.508 e. The highest BCUT2D eigenvalue weighted by molar-refractivity contribution is 7.17. The fourth-order valence-electron chi connectivity index (χ4n) is 1.37. The molecule has 0 aliphatic heterocycles. The van der Waals surface area contributed by atoms with Crippen molar-refractivity contribution in [3.63, 3.8) is 0 Å². The lowest BCUT2D eigenvalue weighted by atomic mass is 9.85. The molecule has 0 aromatic heterocycles. The number of phenols is 1. The summed E-state index contributed by atoms with van der Waals surface area (Å²) in [6, 6.07) is 5.28. The van der Waals surface area contributed by atoms with E-state index in [-0.39, 0.29) is 26.5 Å². The minimum atomic E-state index is -0.323. The van der Waals surface area contributed by atoms with Crippen molar-refractivity contribution in [2.75, 3.05) is 0 Å². The Morgan fingerprint density at radius 3 is 2.60 bits per heavy atom. The third kappa shape index (κ3) is 3.29. The molecule has 0 fully saturated rings. The van der Waals surface area contributed by atoms with Crippen LogP contribution in [0.5, 0.6) is 5.75 Å². The quantitative estimate of drug-likeness (QED) is 0.803. The normalized spacial score (nSPS) is 11.9. The second-order valence-corrected chi connectivity index (χ2v) is 4.86. The fourth-order valence-corrected chi connectivity index (χ4v) is 1.58. The Bertz CT molecular complexity index is 355. The van der Waals surface area contributed by atoms with Crippen molar-refractivity contribution in [1.29, 1.82) is 0 Å². The molecular weight excluding hydrogens is 211 g/mol. The molecule has 1 aromatic carbocycles. The predicted molar refractivity (Wildman–Crippen MR) is 59.2 cm³/mol. The van der Waals surface area contributed by atoms with Crippen molar-refractivity contribution >= 4 is 8.69 Å². The van der Waals surface area contributed by atoms with Crippen molar-refractivity contribution in [2.45, 2.75) is 32.8 Å². The van der Waals surface area contributed by atoms with Crippen LogP contribution in [0.1, 0.15) is 31.9 Å².